The van der Waals surface area contributed by atoms with Crippen LogP contribution in [0, 0.1) is 5.92 Å². The second-order valence-electron chi connectivity index (χ2n) is 8.11. The smallest absolute Gasteiger partial charge is 0.185 e. The van der Waals surface area contributed by atoms with E-state index in [0.29, 0.717) is 24.0 Å². The molecule has 0 aromatic carbocycles. The molecule has 0 bridgehead atoms. The van der Waals surface area contributed by atoms with Gasteiger partial charge < -0.3 is 15.1 Å². The molecule has 6 unspecified atom stereocenters. The molecule has 0 aromatic rings. The summed E-state index contributed by atoms with van der Waals surface area (Å²) in [6.07, 6.45) is 13.7. The molecule has 0 spiro atoms. The minimum Gasteiger partial charge on any atom is -0.374 e. The zero-order valence-corrected chi connectivity index (χ0v) is 14.9. The van der Waals surface area contributed by atoms with E-state index in [4.69, 9.17) is 0 Å². The maximum Gasteiger partial charge on any atom is 0.185 e. The van der Waals surface area contributed by atoms with Crippen molar-refractivity contribution in [2.24, 2.45) is 5.92 Å². The van der Waals surface area contributed by atoms with Gasteiger partial charge in [-0.2, -0.15) is 0 Å². The highest BCUT2D eigenvalue weighted by molar-refractivity contribution is 5.32. The Balaban J connectivity index is 1.62. The Morgan fingerprint density at radius 3 is 2.67 bits per heavy atom. The first kappa shape index (κ1) is 16.6. The fraction of sp³-hybridized carbons (Fsp3) is 0.789. The van der Waals surface area contributed by atoms with Gasteiger partial charge in [-0.15, -0.1) is 0 Å². The van der Waals surface area contributed by atoms with Crippen molar-refractivity contribution in [3.63, 3.8) is 0 Å². The van der Waals surface area contributed by atoms with Gasteiger partial charge in [-0.25, -0.2) is 0 Å². The molecule has 2 aliphatic carbocycles. The first-order valence-electron chi connectivity index (χ1n) is 9.53. The van der Waals surface area contributed by atoms with Crippen molar-refractivity contribution in [3.8, 4) is 0 Å². The number of allylic oxidation sites excluding steroid dienone is 1. The topological polar surface area (TPSA) is 50.2 Å². The van der Waals surface area contributed by atoms with E-state index in [9.17, 15) is 10.2 Å². The summed E-state index contributed by atoms with van der Waals surface area (Å²) in [6, 6.07) is 1.24. The summed E-state index contributed by atoms with van der Waals surface area (Å²) in [5.41, 5.74) is 1.12. The van der Waals surface area contributed by atoms with Gasteiger partial charge in [0.15, 0.2) is 6.35 Å². The predicted octanol–water partition coefficient (Wildman–Crippen LogP) is 1.69. The van der Waals surface area contributed by atoms with Gasteiger partial charge in [0, 0.05) is 29.9 Å². The summed E-state index contributed by atoms with van der Waals surface area (Å²) in [4.78, 5) is 6.33. The number of aliphatic hydroxyl groups excluding tert-OH is 2. The predicted molar refractivity (Wildman–Crippen MR) is 93.8 cm³/mol. The highest BCUT2D eigenvalue weighted by Crippen LogP contribution is 2.49. The van der Waals surface area contributed by atoms with Crippen molar-refractivity contribution in [2.75, 3.05) is 14.1 Å². The van der Waals surface area contributed by atoms with Gasteiger partial charge in [0.25, 0.3) is 0 Å². The number of aliphatic hydroxyl groups is 2. The van der Waals surface area contributed by atoms with Crippen LogP contribution in [0.25, 0.3) is 0 Å². The summed E-state index contributed by atoms with van der Waals surface area (Å²) in [5, 5.41) is 21.4. The summed E-state index contributed by atoms with van der Waals surface area (Å²) >= 11 is 0. The molecule has 5 heteroatoms. The molecule has 24 heavy (non-hydrogen) atoms. The fourth-order valence-corrected chi connectivity index (χ4v) is 5.30. The van der Waals surface area contributed by atoms with Crippen molar-refractivity contribution < 1.29 is 10.2 Å². The van der Waals surface area contributed by atoms with E-state index in [0.717, 1.165) is 31.3 Å². The Morgan fingerprint density at radius 1 is 1.17 bits per heavy atom. The van der Waals surface area contributed by atoms with Crippen LogP contribution >= 0.6 is 0 Å². The van der Waals surface area contributed by atoms with E-state index in [1.54, 1.807) is 0 Å². The van der Waals surface area contributed by atoms with E-state index in [2.05, 4.69) is 28.2 Å². The number of hydrogen-bond donors (Lipinski definition) is 2. The van der Waals surface area contributed by atoms with Gasteiger partial charge >= 0.3 is 0 Å². The van der Waals surface area contributed by atoms with Gasteiger partial charge in [-0.1, -0.05) is 25.0 Å². The summed E-state index contributed by atoms with van der Waals surface area (Å²) in [5.74, 6) is 0.530. The lowest BCUT2D eigenvalue weighted by atomic mass is 9.69. The molecule has 2 aliphatic heterocycles. The van der Waals surface area contributed by atoms with Crippen molar-refractivity contribution in [2.45, 2.75) is 75.7 Å². The molecule has 2 heterocycles. The number of rotatable bonds is 3. The molecule has 6 atom stereocenters. The molecule has 5 nitrogen and oxygen atoms in total. The number of likely N-dealkylation sites (tertiary alicyclic amines) is 1. The molecular weight excluding hydrogens is 302 g/mol. The molecule has 0 radical (unpaired) electrons. The average Bonchev–Trinajstić information content (AvgIpc) is 2.61. The van der Waals surface area contributed by atoms with Crippen LogP contribution in [0.1, 0.15) is 44.9 Å². The zero-order chi connectivity index (χ0) is 16.8. The number of fused-ring (bicyclic) bond motifs is 3. The number of nitrogens with zero attached hydrogens (tertiary/aromatic N) is 3. The van der Waals surface area contributed by atoms with E-state index in [-0.39, 0.29) is 0 Å². The van der Waals surface area contributed by atoms with Crippen LogP contribution in [0.3, 0.4) is 0 Å². The Kier molecular flexibility index (Phi) is 4.45. The minimum atomic E-state index is -0.608. The van der Waals surface area contributed by atoms with Gasteiger partial charge in [0.05, 0.1) is 0 Å². The first-order chi connectivity index (χ1) is 11.6. The van der Waals surface area contributed by atoms with Crippen LogP contribution in [0.5, 0.6) is 0 Å². The molecule has 2 N–H and O–H groups in total. The normalized spacial score (nSPS) is 40.6. The first-order valence-corrected chi connectivity index (χ1v) is 9.53. The van der Waals surface area contributed by atoms with Crippen LogP contribution in [0.4, 0.5) is 0 Å². The molecule has 1 saturated heterocycles. The van der Waals surface area contributed by atoms with E-state index >= 15 is 0 Å². The standard InChI is InChI=1S/C19H31N3O2/c1-20(2)19(24)21-12-15-17(14-10-6-7-11-16(14)21)22(18(15)23)13-8-4-3-5-9-13/h3-4,12-14,16-19,23-24H,5-11H2,1-2H3. The average molecular weight is 333 g/mol. The van der Waals surface area contributed by atoms with E-state index in [1.165, 1.54) is 19.3 Å². The van der Waals surface area contributed by atoms with E-state index < -0.39 is 12.6 Å². The molecular formula is C19H31N3O2. The molecule has 0 amide bonds. The third-order valence-electron chi connectivity index (χ3n) is 6.50. The zero-order valence-electron chi connectivity index (χ0n) is 14.9. The lowest BCUT2D eigenvalue weighted by molar-refractivity contribution is -0.162. The van der Waals surface area contributed by atoms with Crippen molar-refractivity contribution in [3.05, 3.63) is 23.9 Å². The number of hydrogen-bond acceptors (Lipinski definition) is 5. The Labute approximate surface area is 145 Å². The Bertz CT molecular complexity index is 533. The van der Waals surface area contributed by atoms with Gasteiger partial charge in [-0.3, -0.25) is 9.80 Å². The second kappa shape index (κ2) is 6.45. The van der Waals surface area contributed by atoms with Crippen LogP contribution in [-0.2, 0) is 0 Å². The van der Waals surface area contributed by atoms with Gasteiger partial charge in [0.2, 0.25) is 0 Å². The van der Waals surface area contributed by atoms with Crippen molar-refractivity contribution in [1.82, 2.24) is 14.7 Å². The summed E-state index contributed by atoms with van der Waals surface area (Å²) < 4.78 is 0. The van der Waals surface area contributed by atoms with Crippen LogP contribution < -0.4 is 0 Å². The molecule has 4 aliphatic rings. The quantitative estimate of drug-likeness (QED) is 0.608. The lowest BCUT2D eigenvalue weighted by Crippen LogP contribution is -2.71. The largest absolute Gasteiger partial charge is 0.374 e. The summed E-state index contributed by atoms with van der Waals surface area (Å²) in [6.45, 7) is 0. The molecule has 134 valence electrons. The van der Waals surface area contributed by atoms with E-state index in [1.807, 2.05) is 19.0 Å². The lowest BCUT2D eigenvalue weighted by Gasteiger charge is -2.61. The molecule has 1 saturated carbocycles. The Morgan fingerprint density at radius 2 is 1.96 bits per heavy atom. The second-order valence-corrected chi connectivity index (χ2v) is 8.11. The fourth-order valence-electron chi connectivity index (χ4n) is 5.30. The third-order valence-corrected chi connectivity index (χ3v) is 6.50. The summed E-state index contributed by atoms with van der Waals surface area (Å²) in [7, 11) is 3.82. The van der Waals surface area contributed by atoms with Crippen molar-refractivity contribution >= 4 is 0 Å². The Hall–Kier alpha value is -0.880. The third kappa shape index (κ3) is 2.53. The molecule has 4 rings (SSSR count). The van der Waals surface area contributed by atoms with Gasteiger partial charge in [-0.05, 0) is 52.1 Å². The van der Waals surface area contributed by atoms with Crippen molar-refractivity contribution in [1.29, 1.82) is 0 Å². The maximum absolute atomic E-state index is 10.8. The SMILES string of the molecule is CN(C)C(O)N1C=C2C(O)N(C3CC=CCC3)C2C2CCCCC21. The molecule has 0 aromatic heterocycles. The highest BCUT2D eigenvalue weighted by atomic mass is 16.3. The highest BCUT2D eigenvalue weighted by Gasteiger charge is 2.55. The van der Waals surface area contributed by atoms with Crippen LogP contribution in [0.2, 0.25) is 0 Å². The maximum atomic E-state index is 10.8. The monoisotopic (exact) mass is 333 g/mol. The van der Waals surface area contributed by atoms with Gasteiger partial charge in [0.1, 0.15) is 6.23 Å². The van der Waals surface area contributed by atoms with Crippen LogP contribution in [0.15, 0.2) is 23.9 Å². The molecule has 2 fully saturated rings. The minimum absolute atomic E-state index is 0.382. The van der Waals surface area contributed by atoms with Crippen LogP contribution in [-0.4, -0.2) is 69.7 Å².